The summed E-state index contributed by atoms with van der Waals surface area (Å²) in [4.78, 5) is 28.7. The number of rotatable bonds is 2. The van der Waals surface area contributed by atoms with Gasteiger partial charge >= 0.3 is 6.09 Å². The van der Waals surface area contributed by atoms with E-state index in [1.54, 1.807) is 31.7 Å². The lowest BCUT2D eigenvalue weighted by Crippen LogP contribution is -2.39. The SMILES string of the molecule is Cn1cnc(C(=O)Nc2n[nH]c3c2CN(C(=O)O)C3(C)C)c1. The molecule has 0 aliphatic carbocycles. The largest absolute Gasteiger partial charge is 0.465 e. The number of carboxylic acid groups (broad SMARTS) is 1. The van der Waals surface area contributed by atoms with Crippen LogP contribution in [0.25, 0.3) is 0 Å². The Morgan fingerprint density at radius 3 is 2.77 bits per heavy atom. The lowest BCUT2D eigenvalue weighted by molar-refractivity contribution is 0.0978. The van der Waals surface area contributed by atoms with Crippen LogP contribution in [0.2, 0.25) is 0 Å². The Balaban J connectivity index is 1.87. The molecule has 3 rings (SSSR count). The fourth-order valence-electron chi connectivity index (χ4n) is 2.63. The van der Waals surface area contributed by atoms with Crippen LogP contribution in [0, 0.1) is 0 Å². The van der Waals surface area contributed by atoms with Crippen molar-refractivity contribution in [3.63, 3.8) is 0 Å². The van der Waals surface area contributed by atoms with Crippen molar-refractivity contribution in [2.45, 2.75) is 25.9 Å². The number of hydrogen-bond acceptors (Lipinski definition) is 4. The Hall–Kier alpha value is -2.84. The minimum absolute atomic E-state index is 0.173. The van der Waals surface area contributed by atoms with E-state index in [4.69, 9.17) is 0 Å². The molecule has 0 atom stereocenters. The summed E-state index contributed by atoms with van der Waals surface area (Å²) in [5.41, 5.74) is 0.914. The second-order valence-electron chi connectivity index (χ2n) is 5.73. The molecule has 0 spiro atoms. The van der Waals surface area contributed by atoms with Crippen LogP contribution in [0.4, 0.5) is 10.6 Å². The molecule has 0 aromatic carbocycles. The van der Waals surface area contributed by atoms with Gasteiger partial charge in [0.1, 0.15) is 5.69 Å². The molecule has 0 fully saturated rings. The molecule has 2 amide bonds. The van der Waals surface area contributed by atoms with Gasteiger partial charge in [0.15, 0.2) is 5.82 Å². The maximum Gasteiger partial charge on any atom is 0.408 e. The number of aromatic nitrogens is 4. The van der Waals surface area contributed by atoms with Gasteiger partial charge < -0.3 is 15.0 Å². The van der Waals surface area contributed by atoms with Crippen LogP contribution in [0.5, 0.6) is 0 Å². The van der Waals surface area contributed by atoms with Crippen LogP contribution in [-0.2, 0) is 19.1 Å². The highest BCUT2D eigenvalue weighted by molar-refractivity contribution is 6.02. The predicted molar refractivity (Wildman–Crippen MR) is 76.3 cm³/mol. The van der Waals surface area contributed by atoms with Gasteiger partial charge in [0.2, 0.25) is 0 Å². The van der Waals surface area contributed by atoms with Crippen LogP contribution in [-0.4, -0.2) is 41.8 Å². The van der Waals surface area contributed by atoms with Gasteiger partial charge in [-0.15, -0.1) is 0 Å². The van der Waals surface area contributed by atoms with Crippen LogP contribution in [0.15, 0.2) is 12.5 Å². The molecule has 3 N–H and O–H groups in total. The predicted octanol–water partition coefficient (Wildman–Crippen LogP) is 1.12. The van der Waals surface area contributed by atoms with Crippen LogP contribution in [0.3, 0.4) is 0 Å². The summed E-state index contributed by atoms with van der Waals surface area (Å²) in [6.07, 6.45) is 2.10. The first-order valence-electron chi connectivity index (χ1n) is 6.68. The first-order chi connectivity index (χ1) is 10.3. The quantitative estimate of drug-likeness (QED) is 0.769. The smallest absolute Gasteiger partial charge is 0.408 e. The number of fused-ring (bicyclic) bond motifs is 1. The van der Waals surface area contributed by atoms with Gasteiger partial charge in [-0.1, -0.05) is 0 Å². The number of aromatic amines is 1. The fourth-order valence-corrected chi connectivity index (χ4v) is 2.63. The number of nitrogens with one attached hydrogen (secondary N) is 2. The van der Waals surface area contributed by atoms with Crippen molar-refractivity contribution in [2.75, 3.05) is 5.32 Å². The molecule has 2 aromatic heterocycles. The number of aryl methyl sites for hydroxylation is 1. The summed E-state index contributed by atoms with van der Waals surface area (Å²) in [5, 5.41) is 18.9. The molecule has 116 valence electrons. The third-order valence-corrected chi connectivity index (χ3v) is 3.87. The lowest BCUT2D eigenvalue weighted by Gasteiger charge is -2.28. The molecule has 22 heavy (non-hydrogen) atoms. The van der Waals surface area contributed by atoms with Crippen molar-refractivity contribution in [1.29, 1.82) is 0 Å². The van der Waals surface area contributed by atoms with Crippen molar-refractivity contribution in [3.8, 4) is 0 Å². The van der Waals surface area contributed by atoms with E-state index in [9.17, 15) is 14.7 Å². The van der Waals surface area contributed by atoms with E-state index in [1.807, 2.05) is 0 Å². The Morgan fingerprint density at radius 1 is 1.45 bits per heavy atom. The Morgan fingerprint density at radius 2 is 2.18 bits per heavy atom. The minimum atomic E-state index is -1.02. The zero-order chi connectivity index (χ0) is 16.1. The summed E-state index contributed by atoms with van der Waals surface area (Å²) in [5.74, 6) is -0.0519. The number of nitrogens with zero attached hydrogens (tertiary/aromatic N) is 4. The summed E-state index contributed by atoms with van der Waals surface area (Å²) < 4.78 is 1.67. The molecule has 0 saturated heterocycles. The summed E-state index contributed by atoms with van der Waals surface area (Å²) in [6, 6.07) is 0. The normalized spacial score (nSPS) is 15.7. The van der Waals surface area contributed by atoms with Crippen LogP contribution in [0.1, 0.15) is 35.6 Å². The van der Waals surface area contributed by atoms with Crippen molar-refractivity contribution in [3.05, 3.63) is 29.5 Å². The highest BCUT2D eigenvalue weighted by Crippen LogP contribution is 2.40. The third kappa shape index (κ3) is 2.01. The summed E-state index contributed by atoms with van der Waals surface area (Å²) in [6.45, 7) is 3.75. The Labute approximate surface area is 126 Å². The maximum absolute atomic E-state index is 12.1. The number of carbonyl (C=O) groups excluding carboxylic acids is 1. The van der Waals surface area contributed by atoms with Gasteiger partial charge in [-0.25, -0.2) is 9.78 Å². The van der Waals surface area contributed by atoms with Gasteiger partial charge in [-0.05, 0) is 13.8 Å². The monoisotopic (exact) mass is 304 g/mol. The maximum atomic E-state index is 12.1. The van der Waals surface area contributed by atoms with Gasteiger partial charge in [0.05, 0.1) is 24.1 Å². The Kier molecular flexibility index (Phi) is 2.94. The standard InChI is InChI=1S/C13H16N6O3/c1-13(2)9-7(4-19(13)12(21)22)10(17-16-9)15-11(20)8-5-18(3)6-14-8/h5-6H,4H2,1-3H3,(H,21,22)(H2,15,16,17,20). The number of anilines is 1. The van der Waals surface area contributed by atoms with Crippen LogP contribution < -0.4 is 5.32 Å². The zero-order valence-electron chi connectivity index (χ0n) is 12.4. The molecule has 0 saturated carbocycles. The molecule has 9 heteroatoms. The summed E-state index contributed by atoms with van der Waals surface area (Å²) >= 11 is 0. The van der Waals surface area contributed by atoms with E-state index in [1.165, 1.54) is 11.2 Å². The van der Waals surface area contributed by atoms with E-state index in [0.29, 0.717) is 17.1 Å². The van der Waals surface area contributed by atoms with E-state index in [2.05, 4.69) is 20.5 Å². The first-order valence-corrected chi connectivity index (χ1v) is 6.68. The summed E-state index contributed by atoms with van der Waals surface area (Å²) in [7, 11) is 1.77. The average molecular weight is 304 g/mol. The Bertz CT molecular complexity index is 760. The minimum Gasteiger partial charge on any atom is -0.465 e. The van der Waals surface area contributed by atoms with Crippen molar-refractivity contribution < 1.29 is 14.7 Å². The number of amides is 2. The van der Waals surface area contributed by atoms with E-state index in [0.717, 1.165) is 0 Å². The van der Waals surface area contributed by atoms with Gasteiger partial charge in [-0.2, -0.15) is 5.10 Å². The second kappa shape index (κ2) is 4.58. The highest BCUT2D eigenvalue weighted by Gasteiger charge is 2.44. The molecule has 1 aliphatic rings. The highest BCUT2D eigenvalue weighted by atomic mass is 16.4. The van der Waals surface area contributed by atoms with Gasteiger partial charge in [-0.3, -0.25) is 14.8 Å². The molecule has 0 unspecified atom stereocenters. The molecule has 1 aliphatic heterocycles. The van der Waals surface area contributed by atoms with Crippen molar-refractivity contribution >= 4 is 17.8 Å². The number of imidazole rings is 1. The molecule has 2 aromatic rings. The first kappa shape index (κ1) is 14.1. The molecular formula is C13H16N6O3. The van der Waals surface area contributed by atoms with Crippen molar-refractivity contribution in [2.24, 2.45) is 7.05 Å². The van der Waals surface area contributed by atoms with E-state index in [-0.39, 0.29) is 18.1 Å². The fraction of sp³-hybridized carbons (Fsp3) is 0.385. The number of hydrogen-bond donors (Lipinski definition) is 3. The van der Waals surface area contributed by atoms with Gasteiger partial charge in [0, 0.05) is 18.8 Å². The molecule has 0 radical (unpaired) electrons. The number of H-pyrrole nitrogens is 1. The lowest BCUT2D eigenvalue weighted by atomic mass is 10.0. The van der Waals surface area contributed by atoms with Crippen LogP contribution >= 0.6 is 0 Å². The second-order valence-corrected chi connectivity index (χ2v) is 5.73. The third-order valence-electron chi connectivity index (χ3n) is 3.87. The van der Waals surface area contributed by atoms with E-state index >= 15 is 0 Å². The zero-order valence-corrected chi connectivity index (χ0v) is 12.4. The van der Waals surface area contributed by atoms with E-state index < -0.39 is 11.6 Å². The molecular weight excluding hydrogens is 288 g/mol. The molecule has 9 nitrogen and oxygen atoms in total. The molecule has 0 bridgehead atoms. The van der Waals surface area contributed by atoms with Crippen molar-refractivity contribution in [1.82, 2.24) is 24.6 Å². The topological polar surface area (TPSA) is 116 Å². The molecule has 3 heterocycles. The van der Waals surface area contributed by atoms with Gasteiger partial charge in [0.25, 0.3) is 5.91 Å². The average Bonchev–Trinajstić information content (AvgIpc) is 3.07. The number of carbonyl (C=O) groups is 2.